The molecule has 0 spiro atoms. The zero-order chi connectivity index (χ0) is 10.4. The molecule has 13 heavy (non-hydrogen) atoms. The van der Waals surface area contributed by atoms with E-state index in [0.717, 1.165) is 0 Å². The van der Waals surface area contributed by atoms with Crippen molar-refractivity contribution in [3.05, 3.63) is 0 Å². The molecule has 0 aromatic heterocycles. The quantitative estimate of drug-likeness (QED) is 0.671. The van der Waals surface area contributed by atoms with Gasteiger partial charge in [0.25, 0.3) is 0 Å². The average Bonchev–Trinajstić information content (AvgIpc) is 2.14. The zero-order valence-electron chi connectivity index (χ0n) is 8.91. The predicted octanol–water partition coefficient (Wildman–Crippen LogP) is 0.217. The number of nitrogens with zero attached hydrogens (tertiary/aromatic N) is 1. The summed E-state index contributed by atoms with van der Waals surface area (Å²) in [7, 11) is 3.37. The Labute approximate surface area is 80.0 Å². The molecule has 0 heterocycles. The first-order valence-electron chi connectivity index (χ1n) is 4.55. The largest absolute Gasteiger partial charge is 0.383 e. The number of amides is 1. The molecule has 0 rings (SSSR count). The van der Waals surface area contributed by atoms with Gasteiger partial charge in [-0.1, -0.05) is 6.92 Å². The van der Waals surface area contributed by atoms with Gasteiger partial charge in [0, 0.05) is 14.2 Å². The van der Waals surface area contributed by atoms with Crippen LogP contribution < -0.4 is 5.73 Å². The molecule has 0 saturated carbocycles. The molecule has 4 nitrogen and oxygen atoms in total. The van der Waals surface area contributed by atoms with Crippen molar-refractivity contribution in [2.24, 2.45) is 5.73 Å². The highest BCUT2D eigenvalue weighted by atomic mass is 16.5. The average molecular weight is 188 g/mol. The summed E-state index contributed by atoms with van der Waals surface area (Å²) in [5.74, 6) is -0.0212. The Morgan fingerprint density at radius 3 is 2.54 bits per heavy atom. The maximum absolute atomic E-state index is 11.5. The van der Waals surface area contributed by atoms with Crippen LogP contribution in [0.1, 0.15) is 20.3 Å². The van der Waals surface area contributed by atoms with Crippen LogP contribution in [0, 0.1) is 0 Å². The molecule has 0 radical (unpaired) electrons. The van der Waals surface area contributed by atoms with Crippen molar-refractivity contribution >= 4 is 5.91 Å². The molecule has 0 aliphatic rings. The monoisotopic (exact) mass is 188 g/mol. The summed E-state index contributed by atoms with van der Waals surface area (Å²) >= 11 is 0. The van der Waals surface area contributed by atoms with Crippen LogP contribution in [-0.4, -0.2) is 43.7 Å². The van der Waals surface area contributed by atoms with Gasteiger partial charge in [-0.25, -0.2) is 0 Å². The van der Waals surface area contributed by atoms with E-state index in [0.29, 0.717) is 13.0 Å². The number of nitrogens with two attached hydrogens (primary N) is 1. The van der Waals surface area contributed by atoms with E-state index in [2.05, 4.69) is 0 Å². The number of carbonyl (C=O) groups is 1. The molecule has 1 amide bonds. The summed E-state index contributed by atoms with van der Waals surface area (Å²) in [4.78, 5) is 13.2. The van der Waals surface area contributed by atoms with E-state index in [1.54, 1.807) is 19.1 Å². The van der Waals surface area contributed by atoms with Gasteiger partial charge < -0.3 is 15.4 Å². The number of likely N-dealkylation sites (N-methyl/N-ethyl adjacent to an activating group) is 1. The maximum atomic E-state index is 11.5. The fraction of sp³-hybridized carbons (Fsp3) is 0.889. The van der Waals surface area contributed by atoms with E-state index in [1.165, 1.54) is 0 Å². The predicted molar refractivity (Wildman–Crippen MR) is 52.4 cm³/mol. The number of hydrogen-bond acceptors (Lipinski definition) is 3. The lowest BCUT2D eigenvalue weighted by atomic mass is 10.2. The highest BCUT2D eigenvalue weighted by molar-refractivity contribution is 5.81. The second-order valence-electron chi connectivity index (χ2n) is 3.27. The summed E-state index contributed by atoms with van der Waals surface area (Å²) in [6, 6.07) is -0.306. The van der Waals surface area contributed by atoms with Gasteiger partial charge in [-0.3, -0.25) is 4.79 Å². The Morgan fingerprint density at radius 2 is 2.15 bits per heavy atom. The molecule has 0 aromatic rings. The summed E-state index contributed by atoms with van der Waals surface area (Å²) in [5, 5.41) is 0. The zero-order valence-corrected chi connectivity index (χ0v) is 8.91. The van der Waals surface area contributed by atoms with Gasteiger partial charge in [-0.15, -0.1) is 0 Å². The van der Waals surface area contributed by atoms with Crippen LogP contribution in [0.15, 0.2) is 0 Å². The normalized spacial score (nSPS) is 15.2. The number of carbonyl (C=O) groups excluding carboxylic acids is 1. The van der Waals surface area contributed by atoms with Crippen LogP contribution >= 0.6 is 0 Å². The van der Waals surface area contributed by atoms with E-state index in [9.17, 15) is 4.79 Å². The maximum Gasteiger partial charge on any atom is 0.239 e. The van der Waals surface area contributed by atoms with Gasteiger partial charge in [-0.05, 0) is 13.3 Å². The van der Waals surface area contributed by atoms with E-state index in [4.69, 9.17) is 10.5 Å². The van der Waals surface area contributed by atoms with Crippen LogP contribution in [0.2, 0.25) is 0 Å². The summed E-state index contributed by atoms with van der Waals surface area (Å²) in [6.07, 6.45) is 0.670. The highest BCUT2D eigenvalue weighted by Gasteiger charge is 2.20. The lowest BCUT2D eigenvalue weighted by Gasteiger charge is -2.26. The fourth-order valence-corrected chi connectivity index (χ4v) is 1.01. The molecule has 0 bridgehead atoms. The SMILES string of the molecule is CCC(N)C(=O)N(C)C(C)COC. The summed E-state index contributed by atoms with van der Waals surface area (Å²) in [6.45, 7) is 4.37. The summed E-state index contributed by atoms with van der Waals surface area (Å²) in [5.41, 5.74) is 5.62. The lowest BCUT2D eigenvalue weighted by Crippen LogP contribution is -2.46. The molecular weight excluding hydrogens is 168 g/mol. The molecule has 4 heteroatoms. The van der Waals surface area contributed by atoms with Crippen molar-refractivity contribution < 1.29 is 9.53 Å². The fourth-order valence-electron chi connectivity index (χ4n) is 1.01. The van der Waals surface area contributed by atoms with Gasteiger partial charge in [-0.2, -0.15) is 0 Å². The molecule has 0 saturated heterocycles. The van der Waals surface area contributed by atoms with Gasteiger partial charge in [0.15, 0.2) is 0 Å². The Morgan fingerprint density at radius 1 is 1.62 bits per heavy atom. The molecule has 78 valence electrons. The van der Waals surface area contributed by atoms with Crippen molar-refractivity contribution in [1.29, 1.82) is 0 Å². The van der Waals surface area contributed by atoms with E-state index >= 15 is 0 Å². The molecule has 2 N–H and O–H groups in total. The van der Waals surface area contributed by atoms with Gasteiger partial charge in [0.2, 0.25) is 5.91 Å². The topological polar surface area (TPSA) is 55.6 Å². The second-order valence-corrected chi connectivity index (χ2v) is 3.27. The third-order valence-electron chi connectivity index (χ3n) is 2.17. The third-order valence-corrected chi connectivity index (χ3v) is 2.17. The van der Waals surface area contributed by atoms with Crippen molar-refractivity contribution in [1.82, 2.24) is 4.90 Å². The Hall–Kier alpha value is -0.610. The standard InChI is InChI=1S/C9H20N2O2/c1-5-8(10)9(12)11(3)7(2)6-13-4/h7-8H,5-6,10H2,1-4H3. The van der Waals surface area contributed by atoms with Crippen molar-refractivity contribution in [3.63, 3.8) is 0 Å². The molecule has 2 atom stereocenters. The lowest BCUT2D eigenvalue weighted by molar-refractivity contribution is -0.134. The third kappa shape index (κ3) is 3.74. The minimum absolute atomic E-state index is 0.0212. The highest BCUT2D eigenvalue weighted by Crippen LogP contribution is 2.00. The van der Waals surface area contributed by atoms with Crippen LogP contribution in [-0.2, 0) is 9.53 Å². The smallest absolute Gasteiger partial charge is 0.239 e. The minimum atomic E-state index is -0.385. The number of hydrogen-bond donors (Lipinski definition) is 1. The second kappa shape index (κ2) is 5.94. The van der Waals surface area contributed by atoms with E-state index in [1.807, 2.05) is 13.8 Å². The number of rotatable bonds is 5. The van der Waals surface area contributed by atoms with Crippen LogP contribution in [0.4, 0.5) is 0 Å². The summed E-state index contributed by atoms with van der Waals surface area (Å²) < 4.78 is 4.95. The molecule has 2 unspecified atom stereocenters. The van der Waals surface area contributed by atoms with Crippen LogP contribution in [0.3, 0.4) is 0 Å². The van der Waals surface area contributed by atoms with Crippen molar-refractivity contribution in [2.45, 2.75) is 32.4 Å². The molecular formula is C9H20N2O2. The molecule has 0 aromatic carbocycles. The molecule has 0 aliphatic carbocycles. The van der Waals surface area contributed by atoms with Gasteiger partial charge in [0.05, 0.1) is 18.7 Å². The van der Waals surface area contributed by atoms with Crippen molar-refractivity contribution in [3.8, 4) is 0 Å². The number of methoxy groups -OCH3 is 1. The van der Waals surface area contributed by atoms with Gasteiger partial charge in [0.1, 0.15) is 0 Å². The first-order valence-corrected chi connectivity index (χ1v) is 4.55. The van der Waals surface area contributed by atoms with E-state index < -0.39 is 0 Å². The van der Waals surface area contributed by atoms with E-state index in [-0.39, 0.29) is 18.0 Å². The van der Waals surface area contributed by atoms with Crippen LogP contribution in [0.5, 0.6) is 0 Å². The van der Waals surface area contributed by atoms with Gasteiger partial charge >= 0.3 is 0 Å². The molecule has 0 aliphatic heterocycles. The van der Waals surface area contributed by atoms with Crippen LogP contribution in [0.25, 0.3) is 0 Å². The number of ether oxygens (including phenoxy) is 1. The Bertz CT molecular complexity index is 162. The first-order chi connectivity index (χ1) is 6.04. The first kappa shape index (κ1) is 12.4. The van der Waals surface area contributed by atoms with Crippen molar-refractivity contribution in [2.75, 3.05) is 20.8 Å². The Kier molecular flexibility index (Phi) is 5.66. The minimum Gasteiger partial charge on any atom is -0.383 e. The molecule has 0 fully saturated rings. The Balaban J connectivity index is 4.08.